The van der Waals surface area contributed by atoms with Crippen LogP contribution in [-0.2, 0) is 21.4 Å². The summed E-state index contributed by atoms with van der Waals surface area (Å²) < 4.78 is 27.3. The van der Waals surface area contributed by atoms with E-state index >= 15 is 0 Å². The van der Waals surface area contributed by atoms with Crippen molar-refractivity contribution in [3.8, 4) is 5.75 Å². The normalized spacial score (nSPS) is 24.7. The summed E-state index contributed by atoms with van der Waals surface area (Å²) >= 11 is 0. The van der Waals surface area contributed by atoms with Crippen LogP contribution in [0.25, 0.3) is 0 Å². The topological polar surface area (TPSA) is 86.7 Å². The predicted octanol–water partition coefficient (Wildman–Crippen LogP) is 1.35. The summed E-state index contributed by atoms with van der Waals surface area (Å²) in [6, 6.07) is 4.34. The molecule has 1 aromatic rings. The maximum Gasteiger partial charge on any atom is 0.302 e. The molecular formula is C15H20N2O4S. The van der Waals surface area contributed by atoms with Gasteiger partial charge in [0.15, 0.2) is 0 Å². The molecule has 1 atom stereocenters. The van der Waals surface area contributed by atoms with Crippen molar-refractivity contribution in [2.45, 2.75) is 38.1 Å². The SMILES string of the molecule is O=CC1CN(c2ccc(CC3CCCC3)cc2O)S(=O)(=O)N1. The van der Waals surface area contributed by atoms with Crippen molar-refractivity contribution in [2.75, 3.05) is 10.8 Å². The minimum atomic E-state index is -3.77. The van der Waals surface area contributed by atoms with Gasteiger partial charge in [-0.2, -0.15) is 13.1 Å². The summed E-state index contributed by atoms with van der Waals surface area (Å²) in [5, 5.41) is 10.2. The first-order valence-electron chi connectivity index (χ1n) is 7.57. The van der Waals surface area contributed by atoms with Gasteiger partial charge in [0, 0.05) is 0 Å². The molecule has 22 heavy (non-hydrogen) atoms. The van der Waals surface area contributed by atoms with E-state index in [0.717, 1.165) is 16.3 Å². The second kappa shape index (κ2) is 5.89. The molecule has 1 heterocycles. The molecule has 2 aliphatic rings. The standard InChI is InChI=1S/C15H20N2O4S/c18-10-13-9-17(22(20,21)16-13)14-6-5-12(8-15(14)19)7-11-3-1-2-4-11/h5-6,8,10-11,13,16,19H,1-4,7,9H2. The van der Waals surface area contributed by atoms with E-state index in [9.17, 15) is 18.3 Å². The summed E-state index contributed by atoms with van der Waals surface area (Å²) in [5.74, 6) is 0.592. The number of benzene rings is 1. The molecule has 120 valence electrons. The molecule has 0 aromatic heterocycles. The van der Waals surface area contributed by atoms with E-state index in [1.165, 1.54) is 25.7 Å². The number of phenols is 1. The molecule has 0 radical (unpaired) electrons. The summed E-state index contributed by atoms with van der Waals surface area (Å²) in [6.07, 6.45) is 6.43. The Morgan fingerprint density at radius 1 is 1.32 bits per heavy atom. The number of hydrogen-bond donors (Lipinski definition) is 2. The molecule has 2 N–H and O–H groups in total. The molecule has 1 aromatic carbocycles. The van der Waals surface area contributed by atoms with Gasteiger partial charge in [0.25, 0.3) is 0 Å². The number of nitrogens with one attached hydrogen (secondary N) is 1. The number of aromatic hydroxyl groups is 1. The lowest BCUT2D eigenvalue weighted by Crippen LogP contribution is -2.30. The summed E-state index contributed by atoms with van der Waals surface area (Å²) in [6.45, 7) is 0.00135. The average Bonchev–Trinajstić information content (AvgIpc) is 3.06. The molecule has 3 rings (SSSR count). The van der Waals surface area contributed by atoms with Crippen molar-refractivity contribution in [3.63, 3.8) is 0 Å². The van der Waals surface area contributed by atoms with Crippen LogP contribution in [0, 0.1) is 5.92 Å². The van der Waals surface area contributed by atoms with Gasteiger partial charge in [-0.05, 0) is 30.0 Å². The quantitative estimate of drug-likeness (QED) is 0.819. The van der Waals surface area contributed by atoms with Crippen molar-refractivity contribution in [1.82, 2.24) is 4.72 Å². The van der Waals surface area contributed by atoms with E-state index in [1.807, 2.05) is 6.07 Å². The summed E-state index contributed by atoms with van der Waals surface area (Å²) in [5.41, 5.74) is 1.23. The van der Waals surface area contributed by atoms with Crippen LogP contribution in [-0.4, -0.2) is 32.4 Å². The van der Waals surface area contributed by atoms with Crippen LogP contribution in [0.3, 0.4) is 0 Å². The highest BCUT2D eigenvalue weighted by molar-refractivity contribution is 7.91. The number of hydrogen-bond acceptors (Lipinski definition) is 4. The van der Waals surface area contributed by atoms with Crippen molar-refractivity contribution in [3.05, 3.63) is 23.8 Å². The molecule has 2 fully saturated rings. The summed E-state index contributed by atoms with van der Waals surface area (Å²) in [4.78, 5) is 10.8. The average molecular weight is 324 g/mol. The largest absolute Gasteiger partial charge is 0.506 e. The van der Waals surface area contributed by atoms with Crippen molar-refractivity contribution in [1.29, 1.82) is 0 Å². The minimum Gasteiger partial charge on any atom is -0.506 e. The highest BCUT2D eigenvalue weighted by atomic mass is 32.2. The molecular weight excluding hydrogens is 304 g/mol. The number of phenolic OH excluding ortho intramolecular Hbond substituents is 1. The van der Waals surface area contributed by atoms with Crippen LogP contribution in [0.15, 0.2) is 18.2 Å². The molecule has 0 spiro atoms. The van der Waals surface area contributed by atoms with Crippen LogP contribution in [0.5, 0.6) is 5.75 Å². The zero-order chi connectivity index (χ0) is 15.7. The molecule has 0 amide bonds. The number of carbonyl (C=O) groups excluding carboxylic acids is 1. The Hall–Kier alpha value is -1.60. The van der Waals surface area contributed by atoms with E-state index < -0.39 is 16.3 Å². The maximum atomic E-state index is 12.0. The Morgan fingerprint density at radius 3 is 2.64 bits per heavy atom. The van der Waals surface area contributed by atoms with Crippen LogP contribution in [0.2, 0.25) is 0 Å². The first-order chi connectivity index (χ1) is 10.5. The van der Waals surface area contributed by atoms with Crippen molar-refractivity contribution in [2.24, 2.45) is 5.92 Å². The predicted molar refractivity (Wildman–Crippen MR) is 83.0 cm³/mol. The fourth-order valence-corrected chi connectivity index (χ4v) is 4.73. The fourth-order valence-electron chi connectivity index (χ4n) is 3.32. The molecule has 1 unspecified atom stereocenters. The van der Waals surface area contributed by atoms with Crippen LogP contribution in [0.4, 0.5) is 5.69 Å². The number of aldehydes is 1. The third-order valence-electron chi connectivity index (χ3n) is 4.42. The van der Waals surface area contributed by atoms with Gasteiger partial charge in [-0.15, -0.1) is 0 Å². The Bertz CT molecular complexity index is 668. The Labute approximate surface area is 130 Å². The molecule has 0 bridgehead atoms. The van der Waals surface area contributed by atoms with Gasteiger partial charge in [0.2, 0.25) is 0 Å². The lowest BCUT2D eigenvalue weighted by Gasteiger charge is -2.18. The minimum absolute atomic E-state index is 0.00135. The van der Waals surface area contributed by atoms with Crippen molar-refractivity contribution >= 4 is 22.2 Å². The maximum absolute atomic E-state index is 12.0. The molecule has 6 nitrogen and oxygen atoms in total. The van der Waals surface area contributed by atoms with Crippen LogP contribution in [0.1, 0.15) is 31.2 Å². The second-order valence-corrected chi connectivity index (χ2v) is 7.70. The third kappa shape index (κ3) is 2.96. The van der Waals surface area contributed by atoms with Gasteiger partial charge < -0.3 is 9.90 Å². The molecule has 1 aliphatic carbocycles. The lowest BCUT2D eigenvalue weighted by atomic mass is 9.97. The fraction of sp³-hybridized carbons (Fsp3) is 0.533. The first kappa shape index (κ1) is 15.3. The lowest BCUT2D eigenvalue weighted by molar-refractivity contribution is -0.108. The van der Waals surface area contributed by atoms with Crippen LogP contribution < -0.4 is 9.03 Å². The number of rotatable bonds is 4. The van der Waals surface area contributed by atoms with Gasteiger partial charge in [-0.1, -0.05) is 31.7 Å². The number of nitrogens with zero attached hydrogens (tertiary/aromatic N) is 1. The smallest absolute Gasteiger partial charge is 0.302 e. The molecule has 1 saturated heterocycles. The number of carbonyl (C=O) groups is 1. The monoisotopic (exact) mass is 324 g/mol. The van der Waals surface area contributed by atoms with Crippen molar-refractivity contribution < 1.29 is 18.3 Å². The van der Waals surface area contributed by atoms with Gasteiger partial charge in [0.05, 0.1) is 18.3 Å². The van der Waals surface area contributed by atoms with E-state index in [1.54, 1.807) is 12.1 Å². The van der Waals surface area contributed by atoms with E-state index in [4.69, 9.17) is 0 Å². The van der Waals surface area contributed by atoms with Gasteiger partial charge in [0.1, 0.15) is 12.0 Å². The van der Waals surface area contributed by atoms with E-state index in [0.29, 0.717) is 12.2 Å². The Morgan fingerprint density at radius 2 is 2.05 bits per heavy atom. The van der Waals surface area contributed by atoms with Gasteiger partial charge >= 0.3 is 10.2 Å². The molecule has 7 heteroatoms. The van der Waals surface area contributed by atoms with Gasteiger partial charge in [-0.25, -0.2) is 0 Å². The van der Waals surface area contributed by atoms with E-state index in [2.05, 4.69) is 4.72 Å². The molecule has 1 aliphatic heterocycles. The second-order valence-electron chi connectivity index (χ2n) is 6.07. The van der Waals surface area contributed by atoms with E-state index in [-0.39, 0.29) is 18.0 Å². The zero-order valence-corrected chi connectivity index (χ0v) is 13.1. The Balaban J connectivity index is 1.81. The highest BCUT2D eigenvalue weighted by Crippen LogP contribution is 2.34. The van der Waals surface area contributed by atoms with Gasteiger partial charge in [-0.3, -0.25) is 4.31 Å². The zero-order valence-electron chi connectivity index (χ0n) is 12.2. The third-order valence-corrected chi connectivity index (χ3v) is 5.95. The Kier molecular flexibility index (Phi) is 4.10. The summed E-state index contributed by atoms with van der Waals surface area (Å²) in [7, 11) is -3.77. The number of anilines is 1. The first-order valence-corrected chi connectivity index (χ1v) is 9.01. The molecule has 1 saturated carbocycles. The van der Waals surface area contributed by atoms with Crippen LogP contribution >= 0.6 is 0 Å². The highest BCUT2D eigenvalue weighted by Gasteiger charge is 2.36.